The molecule has 4 heterocycles. The molecule has 7 aromatic rings. The molecule has 5 heteroatoms. The quantitative estimate of drug-likeness (QED) is 0.164. The number of rotatable bonds is 3. The number of benzene rings is 6. The number of nitrogens with zero attached hydrogens (tertiary/aromatic N) is 3. The van der Waals surface area contributed by atoms with Gasteiger partial charge in [0.15, 0.2) is 0 Å². The molecule has 11 rings (SSSR count). The van der Waals surface area contributed by atoms with Crippen molar-refractivity contribution in [2.75, 3.05) is 14.7 Å². The topological polar surface area (TPSA) is 9.72 Å². The largest absolute Gasteiger partial charge is 0.334 e. The fourth-order valence-electron chi connectivity index (χ4n) is 12.6. The SMILES string of the molecule is Cc1ccc2c(c1)N(c1cc3c4c(c1)N(c1ccc(C(C)(C)C)cc1)c1sc5ccc(C(C)(C)C)cc5c1B4c1cc(C(C)(C)C)ccc1N3c1ccc(C(C)(C)C)cc1)C1(C)CCCCC21C. The lowest BCUT2D eigenvalue weighted by molar-refractivity contribution is 0.195. The average Bonchev–Trinajstić information content (AvgIpc) is 3.74. The molecule has 2 unspecified atom stereocenters. The molecule has 68 heavy (non-hydrogen) atoms. The molecule has 3 nitrogen and oxygen atoms in total. The summed E-state index contributed by atoms with van der Waals surface area (Å²) in [6.07, 6.45) is 4.84. The lowest BCUT2D eigenvalue weighted by Crippen LogP contribution is -2.61. The number of aryl methyl sites for hydroxylation is 1. The molecule has 0 N–H and O–H groups in total. The summed E-state index contributed by atoms with van der Waals surface area (Å²) in [6, 6.07) is 46.4. The molecule has 6 aromatic carbocycles. The van der Waals surface area contributed by atoms with Gasteiger partial charge in [-0.05, 0) is 158 Å². The number of anilines is 8. The van der Waals surface area contributed by atoms with Crippen LogP contribution in [0.1, 0.15) is 156 Å². The zero-order valence-corrected chi connectivity index (χ0v) is 44.4. The molecule has 2 atom stereocenters. The first-order chi connectivity index (χ1) is 31.9. The third-order valence-electron chi connectivity index (χ3n) is 16.9. The van der Waals surface area contributed by atoms with Gasteiger partial charge in [0.05, 0.1) is 10.5 Å². The van der Waals surface area contributed by atoms with Crippen LogP contribution < -0.4 is 31.1 Å². The summed E-state index contributed by atoms with van der Waals surface area (Å²) in [5.74, 6) is 0. The minimum Gasteiger partial charge on any atom is -0.334 e. The van der Waals surface area contributed by atoms with E-state index in [2.05, 4.69) is 234 Å². The molecule has 3 aliphatic heterocycles. The first kappa shape index (κ1) is 45.2. The van der Waals surface area contributed by atoms with Gasteiger partial charge in [0.2, 0.25) is 0 Å². The summed E-state index contributed by atoms with van der Waals surface area (Å²) in [4.78, 5) is 8.14. The highest BCUT2D eigenvalue weighted by Gasteiger charge is 2.58. The minimum atomic E-state index is -0.102. The number of thiophene rings is 1. The predicted octanol–water partition coefficient (Wildman–Crippen LogP) is 16.2. The van der Waals surface area contributed by atoms with Crippen molar-refractivity contribution >= 4 is 89.3 Å². The molecule has 348 valence electrons. The first-order valence-electron chi connectivity index (χ1n) is 25.5. The Morgan fingerprint density at radius 1 is 0.485 bits per heavy atom. The molecule has 1 fully saturated rings. The van der Waals surface area contributed by atoms with Gasteiger partial charge in [-0.3, -0.25) is 0 Å². The summed E-state index contributed by atoms with van der Waals surface area (Å²) < 4.78 is 1.34. The van der Waals surface area contributed by atoms with E-state index in [0.717, 1.165) is 6.42 Å². The number of hydrogen-bond acceptors (Lipinski definition) is 4. The van der Waals surface area contributed by atoms with Crippen molar-refractivity contribution in [2.45, 2.75) is 162 Å². The Hall–Kier alpha value is -5.26. The highest BCUT2D eigenvalue weighted by atomic mass is 32.1. The molecule has 4 aliphatic rings. The summed E-state index contributed by atoms with van der Waals surface area (Å²) >= 11 is 1.97. The number of hydrogen-bond donors (Lipinski definition) is 0. The zero-order chi connectivity index (χ0) is 48.2. The van der Waals surface area contributed by atoms with Crippen molar-refractivity contribution in [1.29, 1.82) is 0 Å². The smallest absolute Gasteiger partial charge is 0.254 e. The van der Waals surface area contributed by atoms with Gasteiger partial charge in [0.25, 0.3) is 6.71 Å². The molecule has 1 aliphatic carbocycles. The lowest BCUT2D eigenvalue weighted by atomic mass is 9.33. The molecule has 1 saturated carbocycles. The third-order valence-corrected chi connectivity index (χ3v) is 18.1. The first-order valence-corrected chi connectivity index (χ1v) is 26.3. The summed E-state index contributed by atoms with van der Waals surface area (Å²) in [5, 5.41) is 2.71. The Labute approximate surface area is 412 Å². The predicted molar refractivity (Wildman–Crippen MR) is 298 cm³/mol. The standard InChI is InChI=1S/C63H72BN3S/c1-39-18-29-48-51(34-39)67(63(15)33-17-16-32-62(48,63)14)46-37-52-56-53(38-46)66(45-27-21-41(22-28-45)59(5,6)7)57-55(47-35-42(60(8,9)10)24-31-54(47)68-57)64(56)49-36-43(61(11,12)13)23-30-50(49)65(52)44-25-19-40(20-26-44)58(2,3)4/h18-31,34-38H,16-17,32-33H2,1-15H3. The van der Waals surface area contributed by atoms with Crippen molar-refractivity contribution in [3.05, 3.63) is 149 Å². The van der Waals surface area contributed by atoms with Gasteiger partial charge in [-0.25, -0.2) is 0 Å². The van der Waals surface area contributed by atoms with Crippen LogP contribution in [0.2, 0.25) is 0 Å². The average molecular weight is 914 g/mol. The van der Waals surface area contributed by atoms with Crippen LogP contribution in [0.15, 0.2) is 115 Å². The van der Waals surface area contributed by atoms with Crippen molar-refractivity contribution < 1.29 is 0 Å². The summed E-state index contributed by atoms with van der Waals surface area (Å²) in [6.45, 7) is 35.6. The van der Waals surface area contributed by atoms with E-state index < -0.39 is 0 Å². The molecule has 0 radical (unpaired) electrons. The maximum atomic E-state index is 2.82. The van der Waals surface area contributed by atoms with Crippen LogP contribution in [0.5, 0.6) is 0 Å². The monoisotopic (exact) mass is 914 g/mol. The second-order valence-corrected chi connectivity index (χ2v) is 26.6. The van der Waals surface area contributed by atoms with Crippen LogP contribution in [0.4, 0.5) is 44.8 Å². The maximum absolute atomic E-state index is 2.82. The molecular formula is C63H72BN3S. The second kappa shape index (κ2) is 14.9. The second-order valence-electron chi connectivity index (χ2n) is 25.6. The molecular weight excluding hydrogens is 842 g/mol. The van der Waals surface area contributed by atoms with E-state index in [-0.39, 0.29) is 39.3 Å². The Kier molecular flexibility index (Phi) is 9.89. The van der Waals surface area contributed by atoms with Crippen molar-refractivity contribution in [3.8, 4) is 0 Å². The fourth-order valence-corrected chi connectivity index (χ4v) is 13.8. The van der Waals surface area contributed by atoms with E-state index in [1.54, 1.807) is 0 Å². The van der Waals surface area contributed by atoms with Crippen molar-refractivity contribution in [1.82, 2.24) is 0 Å². The van der Waals surface area contributed by atoms with Crippen LogP contribution >= 0.6 is 11.3 Å². The van der Waals surface area contributed by atoms with Crippen LogP contribution in [0.3, 0.4) is 0 Å². The highest BCUT2D eigenvalue weighted by molar-refractivity contribution is 7.26. The van der Waals surface area contributed by atoms with Gasteiger partial charge >= 0.3 is 0 Å². The van der Waals surface area contributed by atoms with E-state index in [0.29, 0.717) is 0 Å². The van der Waals surface area contributed by atoms with E-state index in [1.165, 1.54) is 124 Å². The molecule has 1 aromatic heterocycles. The minimum absolute atomic E-state index is 0.00607. The molecule has 0 bridgehead atoms. The summed E-state index contributed by atoms with van der Waals surface area (Å²) in [5.41, 5.74) is 21.3. The lowest BCUT2D eigenvalue weighted by Gasteiger charge is -2.51. The van der Waals surface area contributed by atoms with Gasteiger partial charge < -0.3 is 14.7 Å². The van der Waals surface area contributed by atoms with Gasteiger partial charge in [0.1, 0.15) is 0 Å². The van der Waals surface area contributed by atoms with Gasteiger partial charge in [0, 0.05) is 49.9 Å². The number of fused-ring (bicyclic) bond motifs is 9. The van der Waals surface area contributed by atoms with E-state index in [9.17, 15) is 0 Å². The van der Waals surface area contributed by atoms with Crippen LogP contribution in [0.25, 0.3) is 10.1 Å². The van der Waals surface area contributed by atoms with Crippen LogP contribution in [-0.4, -0.2) is 12.3 Å². The van der Waals surface area contributed by atoms with Crippen molar-refractivity contribution in [3.63, 3.8) is 0 Å². The van der Waals surface area contributed by atoms with Crippen LogP contribution in [-0.2, 0) is 27.1 Å². The van der Waals surface area contributed by atoms with Crippen molar-refractivity contribution in [2.24, 2.45) is 0 Å². The van der Waals surface area contributed by atoms with Gasteiger partial charge in [-0.15, -0.1) is 11.3 Å². The normalized spacial score (nSPS) is 20.0. The maximum Gasteiger partial charge on any atom is 0.254 e. The Balaban J connectivity index is 1.29. The Morgan fingerprint density at radius 2 is 1.01 bits per heavy atom. The van der Waals surface area contributed by atoms with E-state index in [4.69, 9.17) is 0 Å². The zero-order valence-electron chi connectivity index (χ0n) is 43.6. The van der Waals surface area contributed by atoms with E-state index >= 15 is 0 Å². The van der Waals surface area contributed by atoms with Gasteiger partial charge in [-0.2, -0.15) is 0 Å². The molecule has 0 amide bonds. The van der Waals surface area contributed by atoms with E-state index in [1.807, 2.05) is 11.3 Å². The molecule has 0 saturated heterocycles. The summed E-state index contributed by atoms with van der Waals surface area (Å²) in [7, 11) is 0. The third kappa shape index (κ3) is 6.71. The molecule has 0 spiro atoms. The van der Waals surface area contributed by atoms with Gasteiger partial charge in [-0.1, -0.05) is 164 Å². The Bertz CT molecular complexity index is 3170. The fraction of sp³-hybridized carbons (Fsp3) is 0.397. The van der Waals surface area contributed by atoms with Crippen LogP contribution in [0, 0.1) is 6.92 Å². The highest BCUT2D eigenvalue weighted by Crippen LogP contribution is 2.62. The Morgan fingerprint density at radius 3 is 1.62 bits per heavy atom.